The van der Waals surface area contributed by atoms with Gasteiger partial charge in [-0.25, -0.2) is 8.42 Å². The van der Waals surface area contributed by atoms with Crippen molar-refractivity contribution in [3.05, 3.63) is 78.6 Å². The van der Waals surface area contributed by atoms with E-state index in [1.165, 1.54) is 12.3 Å². The summed E-state index contributed by atoms with van der Waals surface area (Å²) < 4.78 is 38.2. The van der Waals surface area contributed by atoms with Crippen LogP contribution in [0.1, 0.15) is 5.56 Å². The molecular formula is C20H15N5O2S2. The third-order valence-corrected chi connectivity index (χ3v) is 6.59. The maximum absolute atomic E-state index is 12.8. The van der Waals surface area contributed by atoms with Crippen molar-refractivity contribution < 1.29 is 8.42 Å². The monoisotopic (exact) mass is 421 g/mol. The number of rotatable bonds is 5. The molecule has 9 heteroatoms. The second-order valence-electron chi connectivity index (χ2n) is 6.56. The normalized spacial score (nSPS) is 11.9. The lowest BCUT2D eigenvalue weighted by Gasteiger charge is -2.07. The summed E-state index contributed by atoms with van der Waals surface area (Å²) in [7, 11) is -3.80. The van der Waals surface area contributed by atoms with Crippen molar-refractivity contribution in [1.29, 1.82) is 0 Å². The number of fused-ring (bicyclic) bond motifs is 2. The molecule has 0 unspecified atom stereocenters. The molecule has 0 spiro atoms. The number of hydrogen-bond acceptors (Lipinski definition) is 6. The second-order valence-corrected chi connectivity index (χ2v) is 8.74. The maximum atomic E-state index is 12.8. The highest BCUT2D eigenvalue weighted by Gasteiger charge is 2.20. The molecule has 3 aromatic carbocycles. The summed E-state index contributed by atoms with van der Waals surface area (Å²) in [6.45, 7) is 0.536. The van der Waals surface area contributed by atoms with Gasteiger partial charge < -0.3 is 0 Å². The Morgan fingerprint density at radius 1 is 0.966 bits per heavy atom. The standard InChI is InChI=1S/C20H15N5O2S2/c26-29(27,19-10-4-9-18-20(19)23-28-22-18)24-16-11-21-25(13-16)12-15-7-3-6-14-5-1-2-8-17(14)15/h1-11,13,24H,12H2. The van der Waals surface area contributed by atoms with Gasteiger partial charge in [-0.3, -0.25) is 9.40 Å². The lowest BCUT2D eigenvalue weighted by molar-refractivity contribution is 0.602. The highest BCUT2D eigenvalue weighted by molar-refractivity contribution is 7.93. The molecule has 5 rings (SSSR count). The minimum Gasteiger partial charge on any atom is -0.276 e. The molecule has 0 aliphatic carbocycles. The van der Waals surface area contributed by atoms with Crippen LogP contribution >= 0.6 is 11.7 Å². The predicted octanol–water partition coefficient (Wildman–Crippen LogP) is 3.89. The molecule has 7 nitrogen and oxygen atoms in total. The Balaban J connectivity index is 1.42. The van der Waals surface area contributed by atoms with Crippen LogP contribution < -0.4 is 4.72 Å². The van der Waals surface area contributed by atoms with Crippen LogP contribution in [-0.2, 0) is 16.6 Å². The Kier molecular flexibility index (Phi) is 4.26. The van der Waals surface area contributed by atoms with Gasteiger partial charge in [-0.15, -0.1) is 0 Å². The molecule has 144 valence electrons. The van der Waals surface area contributed by atoms with E-state index in [0.29, 0.717) is 23.3 Å². The summed E-state index contributed by atoms with van der Waals surface area (Å²) in [5, 5.41) is 6.62. The lowest BCUT2D eigenvalue weighted by Crippen LogP contribution is -2.13. The van der Waals surface area contributed by atoms with Crippen molar-refractivity contribution in [3.63, 3.8) is 0 Å². The van der Waals surface area contributed by atoms with Crippen molar-refractivity contribution in [2.24, 2.45) is 0 Å². The number of nitrogens with zero attached hydrogens (tertiary/aromatic N) is 4. The molecule has 0 amide bonds. The van der Waals surface area contributed by atoms with Crippen LogP contribution in [0.2, 0.25) is 0 Å². The zero-order valence-corrected chi connectivity index (χ0v) is 16.7. The Morgan fingerprint density at radius 3 is 2.72 bits per heavy atom. The van der Waals surface area contributed by atoms with Gasteiger partial charge >= 0.3 is 0 Å². The van der Waals surface area contributed by atoms with E-state index in [-0.39, 0.29) is 4.90 Å². The molecule has 1 N–H and O–H groups in total. The van der Waals surface area contributed by atoms with Crippen molar-refractivity contribution in [1.82, 2.24) is 18.5 Å². The molecule has 0 saturated heterocycles. The summed E-state index contributed by atoms with van der Waals surface area (Å²) in [6.07, 6.45) is 3.18. The van der Waals surface area contributed by atoms with Crippen molar-refractivity contribution in [2.75, 3.05) is 4.72 Å². The molecule has 5 aromatic rings. The SMILES string of the molecule is O=S(=O)(Nc1cnn(Cc2cccc3ccccc23)c1)c1cccc2nsnc12. The minimum absolute atomic E-state index is 0.102. The molecule has 0 bridgehead atoms. The number of sulfonamides is 1. The van der Waals surface area contributed by atoms with Gasteiger partial charge in [0, 0.05) is 6.20 Å². The van der Waals surface area contributed by atoms with Gasteiger partial charge in [-0.1, -0.05) is 48.5 Å². The summed E-state index contributed by atoms with van der Waals surface area (Å²) >= 11 is 0.987. The van der Waals surface area contributed by atoms with Gasteiger partial charge in [0.25, 0.3) is 10.0 Å². The second kappa shape index (κ2) is 6.94. The fourth-order valence-electron chi connectivity index (χ4n) is 3.32. The van der Waals surface area contributed by atoms with Gasteiger partial charge in [0.2, 0.25) is 0 Å². The van der Waals surface area contributed by atoms with Crippen LogP contribution in [0.5, 0.6) is 0 Å². The molecule has 0 radical (unpaired) electrons. The summed E-state index contributed by atoms with van der Waals surface area (Å²) in [5.74, 6) is 0. The molecule has 0 atom stereocenters. The number of aromatic nitrogens is 4. The molecular weight excluding hydrogens is 406 g/mol. The van der Waals surface area contributed by atoms with Crippen LogP contribution in [-0.4, -0.2) is 26.9 Å². The van der Waals surface area contributed by atoms with Gasteiger partial charge in [-0.2, -0.15) is 13.8 Å². The Bertz CT molecular complexity index is 1430. The topological polar surface area (TPSA) is 89.8 Å². The fraction of sp³-hybridized carbons (Fsp3) is 0.0500. The van der Waals surface area contributed by atoms with E-state index in [2.05, 4.69) is 36.8 Å². The first-order valence-electron chi connectivity index (χ1n) is 8.83. The van der Waals surface area contributed by atoms with E-state index in [4.69, 9.17) is 0 Å². The first-order valence-corrected chi connectivity index (χ1v) is 11.0. The number of benzene rings is 3. The van der Waals surface area contributed by atoms with E-state index in [1.807, 2.05) is 24.3 Å². The summed E-state index contributed by atoms with van der Waals surface area (Å²) in [5.41, 5.74) is 2.43. The van der Waals surface area contributed by atoms with E-state index >= 15 is 0 Å². The van der Waals surface area contributed by atoms with Crippen molar-refractivity contribution in [2.45, 2.75) is 11.4 Å². The summed E-state index contributed by atoms with van der Waals surface area (Å²) in [4.78, 5) is 0.102. The summed E-state index contributed by atoms with van der Waals surface area (Å²) in [6, 6.07) is 19.2. The lowest BCUT2D eigenvalue weighted by atomic mass is 10.0. The van der Waals surface area contributed by atoms with Gasteiger partial charge in [-0.05, 0) is 28.5 Å². The average molecular weight is 422 g/mol. The third kappa shape index (κ3) is 3.34. The Morgan fingerprint density at radius 2 is 1.79 bits per heavy atom. The minimum atomic E-state index is -3.80. The Labute approximate surface area is 171 Å². The van der Waals surface area contributed by atoms with Crippen LogP contribution in [0.15, 0.2) is 78.0 Å². The van der Waals surface area contributed by atoms with E-state index in [1.54, 1.807) is 23.0 Å². The molecule has 2 heterocycles. The third-order valence-electron chi connectivity index (χ3n) is 4.64. The molecule has 0 saturated carbocycles. The number of nitrogens with one attached hydrogen (secondary N) is 1. The van der Waals surface area contributed by atoms with Crippen LogP contribution in [0.3, 0.4) is 0 Å². The number of anilines is 1. The number of hydrogen-bond donors (Lipinski definition) is 1. The Hall–Kier alpha value is -3.30. The van der Waals surface area contributed by atoms with E-state index in [9.17, 15) is 8.42 Å². The average Bonchev–Trinajstić information content (AvgIpc) is 3.37. The molecule has 2 aromatic heterocycles. The van der Waals surface area contributed by atoms with E-state index < -0.39 is 10.0 Å². The predicted molar refractivity (Wildman–Crippen MR) is 114 cm³/mol. The first-order chi connectivity index (χ1) is 14.1. The molecule has 0 fully saturated rings. The fourth-order valence-corrected chi connectivity index (χ4v) is 5.11. The quantitative estimate of drug-likeness (QED) is 0.465. The van der Waals surface area contributed by atoms with Crippen LogP contribution in [0.25, 0.3) is 21.8 Å². The first kappa shape index (κ1) is 17.8. The van der Waals surface area contributed by atoms with E-state index in [0.717, 1.165) is 28.1 Å². The zero-order valence-electron chi connectivity index (χ0n) is 15.1. The molecule has 0 aliphatic rings. The smallest absolute Gasteiger partial charge is 0.264 e. The van der Waals surface area contributed by atoms with Gasteiger partial charge in [0.15, 0.2) is 0 Å². The highest BCUT2D eigenvalue weighted by atomic mass is 32.2. The zero-order chi connectivity index (χ0) is 19.8. The largest absolute Gasteiger partial charge is 0.276 e. The van der Waals surface area contributed by atoms with Crippen molar-refractivity contribution in [3.8, 4) is 0 Å². The maximum Gasteiger partial charge on any atom is 0.264 e. The van der Waals surface area contributed by atoms with Crippen molar-refractivity contribution >= 4 is 49.2 Å². The van der Waals surface area contributed by atoms with Crippen LogP contribution in [0, 0.1) is 0 Å². The molecule has 0 aliphatic heterocycles. The van der Waals surface area contributed by atoms with Gasteiger partial charge in [0.1, 0.15) is 15.9 Å². The highest BCUT2D eigenvalue weighted by Crippen LogP contribution is 2.24. The van der Waals surface area contributed by atoms with Gasteiger partial charge in [0.05, 0.1) is 30.2 Å². The van der Waals surface area contributed by atoms with Crippen LogP contribution in [0.4, 0.5) is 5.69 Å². The molecule has 29 heavy (non-hydrogen) atoms.